The molecule has 1 rings (SSSR count). The predicted octanol–water partition coefficient (Wildman–Crippen LogP) is 3.25. The zero-order chi connectivity index (χ0) is 10.1. The van der Waals surface area contributed by atoms with Crippen molar-refractivity contribution in [1.82, 2.24) is 0 Å². The van der Waals surface area contributed by atoms with E-state index in [-0.39, 0.29) is 27.9 Å². The van der Waals surface area contributed by atoms with Crippen molar-refractivity contribution < 1.29 is 13.2 Å². The molecule has 0 aliphatic carbocycles. The Bertz CT molecular complexity index is 279. The summed E-state index contributed by atoms with van der Waals surface area (Å²) in [6.07, 6.45) is -4.24. The molecule has 0 aliphatic rings. The van der Waals surface area contributed by atoms with Gasteiger partial charge >= 0.3 is 29.2 Å². The van der Waals surface area contributed by atoms with Gasteiger partial charge in [-0.1, -0.05) is 28.1 Å². The van der Waals surface area contributed by atoms with E-state index in [9.17, 15) is 13.2 Å². The number of benzene rings is 1. The molecule has 1 aromatic rings. The van der Waals surface area contributed by atoms with Crippen molar-refractivity contribution in [1.29, 1.82) is 0 Å². The van der Waals surface area contributed by atoms with Crippen LogP contribution >= 0.6 is 15.9 Å². The monoisotopic (exact) mass is 278 g/mol. The van der Waals surface area contributed by atoms with Gasteiger partial charge in [0.05, 0.1) is 5.56 Å². The maximum absolute atomic E-state index is 12.1. The lowest BCUT2D eigenvalue weighted by Crippen LogP contribution is -2.04. The highest BCUT2D eigenvalue weighted by Gasteiger charge is 2.29. The first kappa shape index (κ1) is 14.3. The van der Waals surface area contributed by atoms with Crippen molar-refractivity contribution in [2.45, 2.75) is 17.9 Å². The third-order valence-electron chi connectivity index (χ3n) is 1.70. The molecule has 0 spiro atoms. The van der Waals surface area contributed by atoms with Crippen LogP contribution in [0.3, 0.4) is 0 Å². The van der Waals surface area contributed by atoms with Gasteiger partial charge in [-0.2, -0.15) is 13.2 Å². The first-order chi connectivity index (χ1) is 5.91. The van der Waals surface area contributed by atoms with E-state index < -0.39 is 11.7 Å². The molecule has 0 fully saturated rings. The van der Waals surface area contributed by atoms with Crippen LogP contribution in [0.15, 0.2) is 24.3 Å². The van der Waals surface area contributed by atoms with E-state index in [0.29, 0.717) is 0 Å². The predicted molar refractivity (Wildman–Crippen MR) is 57.3 cm³/mol. The SMILES string of the molecule is CC(Br)c1ccc(C(F)(F)F)cc1.[MgH2]. The normalized spacial score (nSPS) is 13.2. The van der Waals surface area contributed by atoms with Crippen molar-refractivity contribution in [3.63, 3.8) is 0 Å². The lowest BCUT2D eigenvalue weighted by Gasteiger charge is -2.08. The van der Waals surface area contributed by atoms with Gasteiger partial charge in [-0.05, 0) is 24.6 Å². The molecule has 76 valence electrons. The average Bonchev–Trinajstić information content (AvgIpc) is 2.03. The fourth-order valence-electron chi connectivity index (χ4n) is 0.937. The molecule has 0 amide bonds. The summed E-state index contributed by atoms with van der Waals surface area (Å²) >= 11 is 3.28. The van der Waals surface area contributed by atoms with E-state index in [1.54, 1.807) is 0 Å². The molecule has 1 aromatic carbocycles. The van der Waals surface area contributed by atoms with Gasteiger partial charge in [0.1, 0.15) is 0 Å². The third kappa shape index (κ3) is 3.78. The van der Waals surface area contributed by atoms with Crippen LogP contribution in [0, 0.1) is 0 Å². The van der Waals surface area contributed by atoms with Gasteiger partial charge in [0.2, 0.25) is 0 Å². The molecule has 14 heavy (non-hydrogen) atoms. The number of rotatable bonds is 1. The van der Waals surface area contributed by atoms with E-state index in [1.807, 2.05) is 6.92 Å². The van der Waals surface area contributed by atoms with Crippen LogP contribution in [0.2, 0.25) is 0 Å². The van der Waals surface area contributed by atoms with Gasteiger partial charge in [0, 0.05) is 4.83 Å². The Hall–Kier alpha value is 0.256. The maximum atomic E-state index is 12.1. The van der Waals surface area contributed by atoms with E-state index in [1.165, 1.54) is 12.1 Å². The summed E-state index contributed by atoms with van der Waals surface area (Å²) in [5, 5.41) is 0. The molecular weight excluding hydrogens is 269 g/mol. The van der Waals surface area contributed by atoms with E-state index >= 15 is 0 Å². The molecule has 0 nitrogen and oxygen atoms in total. The van der Waals surface area contributed by atoms with E-state index in [4.69, 9.17) is 0 Å². The third-order valence-corrected chi connectivity index (χ3v) is 2.23. The van der Waals surface area contributed by atoms with Crippen LogP contribution in [0.5, 0.6) is 0 Å². The molecule has 1 unspecified atom stereocenters. The first-order valence-electron chi connectivity index (χ1n) is 3.72. The standard InChI is InChI=1S/C9H8BrF3.Mg.2H/c1-6(10)7-2-4-8(5-3-7)9(11,12)13;;;/h2-6H,1H3;;;. The van der Waals surface area contributed by atoms with Crippen molar-refractivity contribution >= 4 is 39.0 Å². The van der Waals surface area contributed by atoms with Gasteiger partial charge in [-0.3, -0.25) is 0 Å². The summed E-state index contributed by atoms with van der Waals surface area (Å²) < 4.78 is 36.3. The Kier molecular flexibility index (Phi) is 5.47. The Morgan fingerprint density at radius 3 is 1.86 bits per heavy atom. The van der Waals surface area contributed by atoms with Crippen molar-refractivity contribution in [2.75, 3.05) is 0 Å². The summed E-state index contributed by atoms with van der Waals surface area (Å²) in [5.74, 6) is 0. The van der Waals surface area contributed by atoms with Crippen LogP contribution in [0.1, 0.15) is 22.9 Å². The first-order valence-corrected chi connectivity index (χ1v) is 4.64. The second-order valence-electron chi connectivity index (χ2n) is 2.74. The van der Waals surface area contributed by atoms with Crippen molar-refractivity contribution in [3.05, 3.63) is 35.4 Å². The topological polar surface area (TPSA) is 0 Å². The molecule has 0 aliphatic heterocycles. The number of alkyl halides is 4. The summed E-state index contributed by atoms with van der Waals surface area (Å²) in [7, 11) is 0. The van der Waals surface area contributed by atoms with Crippen LogP contribution in [0.4, 0.5) is 13.2 Å². The highest BCUT2D eigenvalue weighted by atomic mass is 79.9. The lowest BCUT2D eigenvalue weighted by atomic mass is 10.1. The zero-order valence-electron chi connectivity index (χ0n) is 6.90. The van der Waals surface area contributed by atoms with Gasteiger partial charge in [0.25, 0.3) is 0 Å². The molecule has 0 aromatic heterocycles. The van der Waals surface area contributed by atoms with Crippen LogP contribution in [0.25, 0.3) is 0 Å². The largest absolute Gasteiger partial charge is 0.416 e. The molecule has 0 radical (unpaired) electrons. The smallest absolute Gasteiger partial charge is 0.166 e. The van der Waals surface area contributed by atoms with Gasteiger partial charge in [-0.15, -0.1) is 0 Å². The number of hydrogen-bond acceptors (Lipinski definition) is 0. The Labute approximate surface area is 105 Å². The summed E-state index contributed by atoms with van der Waals surface area (Å²) in [6.45, 7) is 1.86. The summed E-state index contributed by atoms with van der Waals surface area (Å²) in [4.78, 5) is 0.0785. The minimum Gasteiger partial charge on any atom is -0.166 e. The quantitative estimate of drug-likeness (QED) is 0.547. The molecule has 0 heterocycles. The van der Waals surface area contributed by atoms with Crippen LogP contribution in [-0.4, -0.2) is 23.1 Å². The second kappa shape index (κ2) is 5.37. The summed E-state index contributed by atoms with van der Waals surface area (Å²) in [5.41, 5.74) is 0.234. The Balaban J connectivity index is 0.00000169. The Morgan fingerprint density at radius 2 is 1.57 bits per heavy atom. The van der Waals surface area contributed by atoms with E-state index in [0.717, 1.165) is 17.7 Å². The summed E-state index contributed by atoms with van der Waals surface area (Å²) in [6, 6.07) is 5.13. The van der Waals surface area contributed by atoms with Gasteiger partial charge in [-0.25, -0.2) is 0 Å². The lowest BCUT2D eigenvalue weighted by molar-refractivity contribution is -0.137. The highest BCUT2D eigenvalue weighted by Crippen LogP contribution is 2.30. The van der Waals surface area contributed by atoms with Crippen molar-refractivity contribution in [2.24, 2.45) is 0 Å². The molecular formula is C9H10BrF3Mg. The van der Waals surface area contributed by atoms with Crippen LogP contribution < -0.4 is 0 Å². The Morgan fingerprint density at radius 1 is 1.14 bits per heavy atom. The van der Waals surface area contributed by atoms with E-state index in [2.05, 4.69) is 15.9 Å². The molecule has 5 heteroatoms. The maximum Gasteiger partial charge on any atom is 0.416 e. The molecule has 1 atom stereocenters. The molecule has 0 bridgehead atoms. The molecule has 0 saturated heterocycles. The highest BCUT2D eigenvalue weighted by molar-refractivity contribution is 9.09. The zero-order valence-corrected chi connectivity index (χ0v) is 8.48. The van der Waals surface area contributed by atoms with Crippen LogP contribution in [-0.2, 0) is 6.18 Å². The van der Waals surface area contributed by atoms with Crippen molar-refractivity contribution in [3.8, 4) is 0 Å². The minimum absolute atomic E-state index is 0. The van der Waals surface area contributed by atoms with Gasteiger partial charge in [0.15, 0.2) is 0 Å². The fraction of sp³-hybridized carbons (Fsp3) is 0.333. The molecule has 0 saturated carbocycles. The average molecular weight is 279 g/mol. The fourth-order valence-corrected chi connectivity index (χ4v) is 1.24. The number of hydrogen-bond donors (Lipinski definition) is 0. The second-order valence-corrected chi connectivity index (χ2v) is 4.11. The number of halogens is 4. The molecule has 0 N–H and O–H groups in total. The van der Waals surface area contributed by atoms with Gasteiger partial charge < -0.3 is 0 Å². The minimum atomic E-state index is -4.24.